The quantitative estimate of drug-likeness (QED) is 0.799. The molecule has 6 nitrogen and oxygen atoms in total. The summed E-state index contributed by atoms with van der Waals surface area (Å²) in [6.07, 6.45) is 0. The Labute approximate surface area is 124 Å². The van der Waals surface area contributed by atoms with Crippen LogP contribution in [0.1, 0.15) is 0 Å². The van der Waals surface area contributed by atoms with E-state index in [1.54, 1.807) is 0 Å². The van der Waals surface area contributed by atoms with Gasteiger partial charge in [-0.15, -0.1) is 0 Å². The van der Waals surface area contributed by atoms with Crippen molar-refractivity contribution in [3.63, 3.8) is 0 Å². The molecule has 0 amide bonds. The van der Waals surface area contributed by atoms with Gasteiger partial charge in [0.05, 0.1) is 18.6 Å². The third kappa shape index (κ3) is 4.83. The van der Waals surface area contributed by atoms with Gasteiger partial charge in [-0.2, -0.15) is 0 Å². The van der Waals surface area contributed by atoms with Crippen molar-refractivity contribution in [3.05, 3.63) is 24.0 Å². The van der Waals surface area contributed by atoms with E-state index >= 15 is 0 Å². The maximum Gasteiger partial charge on any atom is 0.233 e. The van der Waals surface area contributed by atoms with Crippen LogP contribution in [0, 0.1) is 5.82 Å². The highest BCUT2D eigenvalue weighted by atomic mass is 32.2. The van der Waals surface area contributed by atoms with E-state index in [1.165, 1.54) is 19.2 Å². The van der Waals surface area contributed by atoms with Crippen molar-refractivity contribution < 1.29 is 17.5 Å². The molecule has 1 heterocycles. The fourth-order valence-electron chi connectivity index (χ4n) is 2.14. The molecule has 2 rings (SSSR count). The minimum Gasteiger partial charge on any atom is -0.494 e. The zero-order chi connectivity index (χ0) is 15.3. The highest BCUT2D eigenvalue weighted by molar-refractivity contribution is 7.92. The first kappa shape index (κ1) is 16.0. The van der Waals surface area contributed by atoms with Gasteiger partial charge in [0.2, 0.25) is 10.0 Å². The Balaban J connectivity index is 1.92. The number of hydrogen-bond acceptors (Lipinski definition) is 5. The fourth-order valence-corrected chi connectivity index (χ4v) is 3.23. The molecule has 1 fully saturated rings. The Kier molecular flexibility index (Phi) is 5.38. The van der Waals surface area contributed by atoms with Gasteiger partial charge in [-0.05, 0) is 12.1 Å². The fraction of sp³-hybridized carbons (Fsp3) is 0.538. The second-order valence-electron chi connectivity index (χ2n) is 4.86. The Morgan fingerprint density at radius 2 is 2.10 bits per heavy atom. The van der Waals surface area contributed by atoms with E-state index in [-0.39, 0.29) is 17.2 Å². The van der Waals surface area contributed by atoms with E-state index in [2.05, 4.69) is 14.9 Å². The van der Waals surface area contributed by atoms with Crippen molar-refractivity contribution in [2.75, 3.05) is 50.3 Å². The van der Waals surface area contributed by atoms with Crippen LogP contribution < -0.4 is 14.8 Å². The van der Waals surface area contributed by atoms with Gasteiger partial charge in [0.15, 0.2) is 11.6 Å². The number of ether oxygens (including phenoxy) is 1. The largest absolute Gasteiger partial charge is 0.494 e. The highest BCUT2D eigenvalue weighted by Crippen LogP contribution is 2.21. The molecule has 0 saturated carbocycles. The summed E-state index contributed by atoms with van der Waals surface area (Å²) in [4.78, 5) is 2.09. The monoisotopic (exact) mass is 317 g/mol. The SMILES string of the molecule is COc1ccc(NS(=O)(=O)CCN2CCNCC2)cc1F. The molecule has 21 heavy (non-hydrogen) atoms. The van der Waals surface area contributed by atoms with Gasteiger partial charge >= 0.3 is 0 Å². The molecule has 0 spiro atoms. The first-order valence-corrected chi connectivity index (χ1v) is 8.42. The van der Waals surface area contributed by atoms with Crippen molar-refractivity contribution in [1.82, 2.24) is 10.2 Å². The lowest BCUT2D eigenvalue weighted by Crippen LogP contribution is -2.45. The summed E-state index contributed by atoms with van der Waals surface area (Å²) < 4.78 is 44.7. The molecule has 1 aromatic carbocycles. The van der Waals surface area contributed by atoms with Crippen LogP contribution in [0.4, 0.5) is 10.1 Å². The first-order chi connectivity index (χ1) is 10.00. The lowest BCUT2D eigenvalue weighted by atomic mass is 10.3. The summed E-state index contributed by atoms with van der Waals surface area (Å²) in [7, 11) is -2.13. The highest BCUT2D eigenvalue weighted by Gasteiger charge is 2.16. The molecule has 0 bridgehead atoms. The predicted molar refractivity (Wildman–Crippen MR) is 79.7 cm³/mol. The Hall–Kier alpha value is -1.38. The van der Waals surface area contributed by atoms with Gasteiger partial charge in [0.25, 0.3) is 0 Å². The molecule has 1 saturated heterocycles. The molecule has 0 aliphatic carbocycles. The van der Waals surface area contributed by atoms with E-state index in [0.717, 1.165) is 32.2 Å². The third-order valence-corrected chi connectivity index (χ3v) is 4.58. The maximum atomic E-state index is 13.5. The van der Waals surface area contributed by atoms with E-state index < -0.39 is 15.8 Å². The van der Waals surface area contributed by atoms with Gasteiger partial charge < -0.3 is 10.1 Å². The maximum absolute atomic E-state index is 13.5. The van der Waals surface area contributed by atoms with Gasteiger partial charge in [-0.1, -0.05) is 0 Å². The zero-order valence-electron chi connectivity index (χ0n) is 11.9. The smallest absolute Gasteiger partial charge is 0.233 e. The summed E-state index contributed by atoms with van der Waals surface area (Å²) in [6.45, 7) is 3.89. The van der Waals surface area contributed by atoms with E-state index in [0.29, 0.717) is 6.54 Å². The summed E-state index contributed by atoms with van der Waals surface area (Å²) in [5.41, 5.74) is 0.202. The molecule has 1 aliphatic rings. The summed E-state index contributed by atoms with van der Waals surface area (Å²) >= 11 is 0. The molecule has 8 heteroatoms. The second-order valence-corrected chi connectivity index (χ2v) is 6.70. The van der Waals surface area contributed by atoms with Crippen LogP contribution in [0.2, 0.25) is 0 Å². The number of rotatable bonds is 6. The summed E-state index contributed by atoms with van der Waals surface area (Å²) in [5, 5.41) is 3.21. The van der Waals surface area contributed by atoms with Crippen molar-refractivity contribution in [2.45, 2.75) is 0 Å². The number of nitrogens with zero attached hydrogens (tertiary/aromatic N) is 1. The zero-order valence-corrected chi connectivity index (χ0v) is 12.7. The van der Waals surface area contributed by atoms with Gasteiger partial charge in [0.1, 0.15) is 0 Å². The predicted octanol–water partition coefficient (Wildman–Crippen LogP) is 0.481. The Morgan fingerprint density at radius 3 is 2.71 bits per heavy atom. The number of sulfonamides is 1. The Morgan fingerprint density at radius 1 is 1.38 bits per heavy atom. The van der Waals surface area contributed by atoms with Gasteiger partial charge in [-0.25, -0.2) is 12.8 Å². The molecule has 2 N–H and O–H groups in total. The molecule has 1 aromatic rings. The van der Waals surface area contributed by atoms with Gasteiger partial charge in [0, 0.05) is 38.8 Å². The number of benzene rings is 1. The molecule has 0 unspecified atom stereocenters. The van der Waals surface area contributed by atoms with Crippen LogP contribution in [0.25, 0.3) is 0 Å². The number of nitrogens with one attached hydrogen (secondary N) is 2. The van der Waals surface area contributed by atoms with Crippen LogP contribution in [-0.2, 0) is 10.0 Å². The number of methoxy groups -OCH3 is 1. The van der Waals surface area contributed by atoms with Crippen molar-refractivity contribution >= 4 is 15.7 Å². The number of anilines is 1. The lowest BCUT2D eigenvalue weighted by Gasteiger charge is -2.26. The average Bonchev–Trinajstić information content (AvgIpc) is 2.46. The van der Waals surface area contributed by atoms with Crippen LogP contribution in [0.3, 0.4) is 0 Å². The minimum absolute atomic E-state index is 0.0132. The molecular weight excluding hydrogens is 297 g/mol. The molecule has 0 atom stereocenters. The van der Waals surface area contributed by atoms with Crippen LogP contribution in [0.5, 0.6) is 5.75 Å². The minimum atomic E-state index is -3.49. The molecule has 118 valence electrons. The average molecular weight is 317 g/mol. The summed E-state index contributed by atoms with van der Waals surface area (Å²) in [5.74, 6) is -0.528. The van der Waals surface area contributed by atoms with E-state index in [9.17, 15) is 12.8 Å². The number of hydrogen-bond donors (Lipinski definition) is 2. The normalized spacial score (nSPS) is 16.7. The van der Waals surface area contributed by atoms with Crippen LogP contribution in [0.15, 0.2) is 18.2 Å². The number of piperazine rings is 1. The standard InChI is InChI=1S/C13H20FN3O3S/c1-20-13-3-2-11(10-12(13)14)16-21(18,19)9-8-17-6-4-15-5-7-17/h2-3,10,15-16H,4-9H2,1H3. The number of halogens is 1. The molecule has 0 aromatic heterocycles. The van der Waals surface area contributed by atoms with E-state index in [4.69, 9.17) is 4.74 Å². The topological polar surface area (TPSA) is 70.7 Å². The van der Waals surface area contributed by atoms with Crippen molar-refractivity contribution in [2.24, 2.45) is 0 Å². The second kappa shape index (κ2) is 7.06. The Bertz CT molecular complexity index is 574. The third-order valence-electron chi connectivity index (χ3n) is 3.31. The van der Waals surface area contributed by atoms with Crippen LogP contribution in [-0.4, -0.2) is 58.9 Å². The summed E-state index contributed by atoms with van der Waals surface area (Å²) in [6, 6.07) is 3.98. The molecule has 0 radical (unpaired) electrons. The first-order valence-electron chi connectivity index (χ1n) is 6.77. The van der Waals surface area contributed by atoms with Gasteiger partial charge in [-0.3, -0.25) is 9.62 Å². The lowest BCUT2D eigenvalue weighted by molar-refractivity contribution is 0.254. The molecular formula is C13H20FN3O3S. The van der Waals surface area contributed by atoms with Crippen LogP contribution >= 0.6 is 0 Å². The van der Waals surface area contributed by atoms with Crippen molar-refractivity contribution in [1.29, 1.82) is 0 Å². The molecule has 1 aliphatic heterocycles. The van der Waals surface area contributed by atoms with Crippen molar-refractivity contribution in [3.8, 4) is 5.75 Å². The van der Waals surface area contributed by atoms with E-state index in [1.807, 2.05) is 0 Å².